The van der Waals surface area contributed by atoms with Gasteiger partial charge in [0.25, 0.3) is 0 Å². The van der Waals surface area contributed by atoms with Crippen LogP contribution in [0.1, 0.15) is 17.2 Å². The number of aliphatic hydroxyl groups excluding tert-OH is 1. The van der Waals surface area contributed by atoms with Crippen molar-refractivity contribution in [3.05, 3.63) is 70.7 Å². The number of ether oxygens (including phenoxy) is 1. The molecule has 92 valence electrons. The number of aliphatic hydroxyl groups is 1. The normalized spacial score (nSPS) is 26.0. The molecule has 1 saturated heterocycles. The van der Waals surface area contributed by atoms with Crippen molar-refractivity contribution in [1.29, 1.82) is 0 Å². The molecule has 0 aromatic heterocycles. The Morgan fingerprint density at radius 2 is 1.72 bits per heavy atom. The zero-order chi connectivity index (χ0) is 12.6. The largest absolute Gasteiger partial charge is 0.393 e. The summed E-state index contributed by atoms with van der Waals surface area (Å²) in [6, 6.07) is 17.4. The molecule has 1 aliphatic heterocycles. The standard InChI is InChI=1S/C15H13ClO2/c16-13-8-6-12(7-9-13)15(10-17)14(18-15)11-4-2-1-3-5-11/h1-9,14,17H,10H2. The summed E-state index contributed by atoms with van der Waals surface area (Å²) in [5.41, 5.74) is 1.44. The van der Waals surface area contributed by atoms with Gasteiger partial charge in [0.15, 0.2) is 0 Å². The quantitative estimate of drug-likeness (QED) is 0.859. The van der Waals surface area contributed by atoms with E-state index in [1.807, 2.05) is 54.6 Å². The first kappa shape index (κ1) is 11.7. The van der Waals surface area contributed by atoms with Crippen molar-refractivity contribution < 1.29 is 9.84 Å². The number of rotatable bonds is 3. The summed E-state index contributed by atoms with van der Waals surface area (Å²) in [6.07, 6.45) is -0.0788. The molecule has 1 fully saturated rings. The Balaban J connectivity index is 1.93. The molecule has 1 N–H and O–H groups in total. The molecule has 0 saturated carbocycles. The van der Waals surface area contributed by atoms with Crippen LogP contribution in [0.3, 0.4) is 0 Å². The highest BCUT2D eigenvalue weighted by Crippen LogP contribution is 2.56. The van der Waals surface area contributed by atoms with Gasteiger partial charge >= 0.3 is 0 Å². The van der Waals surface area contributed by atoms with Crippen LogP contribution in [-0.4, -0.2) is 11.7 Å². The Kier molecular flexibility index (Phi) is 2.86. The van der Waals surface area contributed by atoms with E-state index in [0.29, 0.717) is 5.02 Å². The topological polar surface area (TPSA) is 32.8 Å². The molecular weight excluding hydrogens is 248 g/mol. The van der Waals surface area contributed by atoms with Gasteiger partial charge in [0.1, 0.15) is 11.7 Å². The smallest absolute Gasteiger partial charge is 0.147 e. The van der Waals surface area contributed by atoms with Gasteiger partial charge in [-0.3, -0.25) is 0 Å². The zero-order valence-corrected chi connectivity index (χ0v) is 10.5. The molecule has 3 heteroatoms. The average Bonchev–Trinajstić information content (AvgIpc) is 3.17. The summed E-state index contributed by atoms with van der Waals surface area (Å²) in [6.45, 7) is -0.0335. The minimum Gasteiger partial charge on any atom is -0.393 e. The fourth-order valence-electron chi connectivity index (χ4n) is 2.30. The fourth-order valence-corrected chi connectivity index (χ4v) is 2.43. The highest BCUT2D eigenvalue weighted by Gasteiger charge is 2.58. The van der Waals surface area contributed by atoms with Crippen LogP contribution in [0.5, 0.6) is 0 Å². The lowest BCUT2D eigenvalue weighted by molar-refractivity contribution is 0.172. The summed E-state index contributed by atoms with van der Waals surface area (Å²) >= 11 is 5.88. The van der Waals surface area contributed by atoms with Crippen LogP contribution in [0.15, 0.2) is 54.6 Å². The summed E-state index contributed by atoms with van der Waals surface area (Å²) in [4.78, 5) is 0. The highest BCUT2D eigenvalue weighted by atomic mass is 35.5. The van der Waals surface area contributed by atoms with Crippen molar-refractivity contribution in [3.63, 3.8) is 0 Å². The summed E-state index contributed by atoms with van der Waals surface area (Å²) in [5.74, 6) is 0. The molecular formula is C15H13ClO2. The molecule has 0 amide bonds. The fraction of sp³-hybridized carbons (Fsp3) is 0.200. The SMILES string of the molecule is OCC1(c2ccc(Cl)cc2)OC1c1ccccc1. The Hall–Kier alpha value is -1.35. The van der Waals surface area contributed by atoms with Crippen LogP contribution >= 0.6 is 11.6 Å². The third kappa shape index (κ3) is 1.83. The molecule has 0 radical (unpaired) electrons. The van der Waals surface area contributed by atoms with E-state index in [9.17, 15) is 5.11 Å². The van der Waals surface area contributed by atoms with Crippen molar-refractivity contribution in [2.75, 3.05) is 6.61 Å². The second-order valence-electron chi connectivity index (χ2n) is 4.46. The van der Waals surface area contributed by atoms with Gasteiger partial charge in [-0.05, 0) is 23.3 Å². The van der Waals surface area contributed by atoms with E-state index >= 15 is 0 Å². The first-order valence-electron chi connectivity index (χ1n) is 5.86. The maximum Gasteiger partial charge on any atom is 0.147 e. The lowest BCUT2D eigenvalue weighted by atomic mass is 9.92. The molecule has 2 aromatic rings. The van der Waals surface area contributed by atoms with Gasteiger partial charge in [-0.15, -0.1) is 0 Å². The second kappa shape index (κ2) is 4.39. The Labute approximate surface area is 111 Å². The molecule has 2 nitrogen and oxygen atoms in total. The van der Waals surface area contributed by atoms with Gasteiger partial charge in [-0.2, -0.15) is 0 Å². The molecule has 2 aromatic carbocycles. The summed E-state index contributed by atoms with van der Waals surface area (Å²) in [5, 5.41) is 10.3. The Morgan fingerprint density at radius 3 is 2.33 bits per heavy atom. The van der Waals surface area contributed by atoms with Crippen LogP contribution in [0.25, 0.3) is 0 Å². The molecule has 0 aliphatic carbocycles. The van der Waals surface area contributed by atoms with Gasteiger partial charge in [0.05, 0.1) is 6.61 Å². The van der Waals surface area contributed by atoms with Crippen LogP contribution in [0, 0.1) is 0 Å². The second-order valence-corrected chi connectivity index (χ2v) is 4.90. The Morgan fingerprint density at radius 1 is 1.06 bits per heavy atom. The molecule has 0 spiro atoms. The molecule has 1 heterocycles. The van der Waals surface area contributed by atoms with E-state index in [4.69, 9.17) is 16.3 Å². The van der Waals surface area contributed by atoms with E-state index in [2.05, 4.69) is 0 Å². The number of benzene rings is 2. The average molecular weight is 261 g/mol. The van der Waals surface area contributed by atoms with Crippen LogP contribution in [0.4, 0.5) is 0 Å². The van der Waals surface area contributed by atoms with Gasteiger partial charge < -0.3 is 9.84 Å². The molecule has 3 rings (SSSR count). The van der Waals surface area contributed by atoms with Crippen molar-refractivity contribution in [1.82, 2.24) is 0 Å². The third-order valence-electron chi connectivity index (χ3n) is 3.36. The minimum absolute atomic E-state index is 0.0335. The molecule has 0 bridgehead atoms. The van der Waals surface area contributed by atoms with E-state index in [1.165, 1.54) is 0 Å². The van der Waals surface area contributed by atoms with Crippen LogP contribution in [0.2, 0.25) is 5.02 Å². The Bertz CT molecular complexity index is 538. The van der Waals surface area contributed by atoms with Crippen molar-refractivity contribution in [3.8, 4) is 0 Å². The van der Waals surface area contributed by atoms with E-state index in [0.717, 1.165) is 11.1 Å². The number of hydrogen-bond donors (Lipinski definition) is 1. The van der Waals surface area contributed by atoms with Crippen LogP contribution in [-0.2, 0) is 10.3 Å². The lowest BCUT2D eigenvalue weighted by Gasteiger charge is -2.10. The van der Waals surface area contributed by atoms with E-state index < -0.39 is 5.60 Å². The number of halogens is 1. The number of hydrogen-bond acceptors (Lipinski definition) is 2. The molecule has 2 atom stereocenters. The van der Waals surface area contributed by atoms with E-state index in [-0.39, 0.29) is 12.7 Å². The molecule has 1 aliphatic rings. The van der Waals surface area contributed by atoms with Crippen LogP contribution < -0.4 is 0 Å². The van der Waals surface area contributed by atoms with Gasteiger partial charge in [-0.25, -0.2) is 0 Å². The maximum atomic E-state index is 9.65. The highest BCUT2D eigenvalue weighted by molar-refractivity contribution is 6.30. The monoisotopic (exact) mass is 260 g/mol. The first-order chi connectivity index (χ1) is 8.76. The summed E-state index contributed by atoms with van der Waals surface area (Å²) < 4.78 is 5.77. The van der Waals surface area contributed by atoms with Crippen molar-refractivity contribution >= 4 is 11.6 Å². The molecule has 2 unspecified atom stereocenters. The van der Waals surface area contributed by atoms with Crippen molar-refractivity contribution in [2.24, 2.45) is 0 Å². The predicted octanol–water partition coefficient (Wildman–Crippen LogP) is 3.30. The number of epoxide rings is 1. The zero-order valence-electron chi connectivity index (χ0n) is 9.71. The molecule has 18 heavy (non-hydrogen) atoms. The van der Waals surface area contributed by atoms with Gasteiger partial charge in [0.2, 0.25) is 0 Å². The van der Waals surface area contributed by atoms with E-state index in [1.54, 1.807) is 0 Å². The van der Waals surface area contributed by atoms with Crippen molar-refractivity contribution in [2.45, 2.75) is 11.7 Å². The van der Waals surface area contributed by atoms with Gasteiger partial charge in [0, 0.05) is 5.02 Å². The maximum absolute atomic E-state index is 9.65. The summed E-state index contributed by atoms with van der Waals surface area (Å²) in [7, 11) is 0. The first-order valence-corrected chi connectivity index (χ1v) is 6.24. The lowest BCUT2D eigenvalue weighted by Crippen LogP contribution is -2.15. The van der Waals surface area contributed by atoms with Gasteiger partial charge in [-0.1, -0.05) is 54.1 Å². The predicted molar refractivity (Wildman–Crippen MR) is 70.5 cm³/mol. The third-order valence-corrected chi connectivity index (χ3v) is 3.62. The minimum atomic E-state index is -0.605.